The first kappa shape index (κ1) is 37.7. The molecule has 268 valence electrons. The van der Waals surface area contributed by atoms with Gasteiger partial charge in [0.15, 0.2) is 0 Å². The van der Waals surface area contributed by atoms with Crippen LogP contribution in [0.5, 0.6) is 0 Å². The lowest BCUT2D eigenvalue weighted by Crippen LogP contribution is -2.58. The van der Waals surface area contributed by atoms with Crippen LogP contribution in [0.1, 0.15) is 43.7 Å². The number of carboxylic acid groups (broad SMARTS) is 1. The maximum absolute atomic E-state index is 14.1. The van der Waals surface area contributed by atoms with E-state index in [1.165, 1.54) is 36.1 Å². The Labute approximate surface area is 293 Å². The number of carbonyl (C=O) groups is 6. The highest BCUT2D eigenvalue weighted by Crippen LogP contribution is 2.21. The Morgan fingerprint density at radius 3 is 1.96 bits per heavy atom. The summed E-state index contributed by atoms with van der Waals surface area (Å²) in [5.74, 6) is -4.11. The molecule has 0 saturated carbocycles. The number of nitro groups is 1. The van der Waals surface area contributed by atoms with Crippen molar-refractivity contribution in [1.29, 1.82) is 0 Å². The molecule has 5 N–H and O–H groups in total. The quantitative estimate of drug-likeness (QED) is 0.109. The summed E-state index contributed by atoms with van der Waals surface area (Å²) in [5.41, 5.74) is 1.64. The van der Waals surface area contributed by atoms with Crippen LogP contribution in [0, 0.1) is 10.1 Å². The molecule has 0 aromatic heterocycles. The zero-order valence-corrected chi connectivity index (χ0v) is 27.9. The van der Waals surface area contributed by atoms with Crippen LogP contribution in [-0.4, -0.2) is 81.1 Å². The van der Waals surface area contributed by atoms with Crippen molar-refractivity contribution in [3.63, 3.8) is 0 Å². The number of rotatable bonds is 16. The van der Waals surface area contributed by atoms with E-state index in [-0.39, 0.29) is 31.5 Å². The van der Waals surface area contributed by atoms with Crippen molar-refractivity contribution in [2.75, 3.05) is 11.9 Å². The van der Waals surface area contributed by atoms with Gasteiger partial charge < -0.3 is 31.3 Å². The number of carbonyl (C=O) groups excluding carboxylic acids is 5. The van der Waals surface area contributed by atoms with E-state index < -0.39 is 71.0 Å². The van der Waals surface area contributed by atoms with Crippen LogP contribution in [0.15, 0.2) is 84.9 Å². The van der Waals surface area contributed by atoms with Crippen molar-refractivity contribution in [2.24, 2.45) is 0 Å². The molecule has 15 heteroatoms. The van der Waals surface area contributed by atoms with Crippen LogP contribution in [-0.2, 0) is 41.6 Å². The molecule has 3 aromatic rings. The third kappa shape index (κ3) is 11.2. The van der Waals surface area contributed by atoms with Crippen LogP contribution < -0.4 is 21.3 Å². The number of carboxylic acids is 1. The number of aliphatic carboxylic acids is 1. The fourth-order valence-corrected chi connectivity index (χ4v) is 5.67. The van der Waals surface area contributed by atoms with Gasteiger partial charge in [-0.15, -0.1) is 0 Å². The predicted molar refractivity (Wildman–Crippen MR) is 185 cm³/mol. The molecule has 51 heavy (non-hydrogen) atoms. The molecule has 4 atom stereocenters. The molecule has 4 unspecified atom stereocenters. The van der Waals surface area contributed by atoms with Crippen molar-refractivity contribution < 1.29 is 38.8 Å². The highest BCUT2D eigenvalue weighted by atomic mass is 16.6. The lowest BCUT2D eigenvalue weighted by Gasteiger charge is -2.30. The highest BCUT2D eigenvalue weighted by Gasteiger charge is 2.39. The monoisotopic (exact) mass is 700 g/mol. The fourth-order valence-electron chi connectivity index (χ4n) is 5.67. The number of hydrogen-bond donors (Lipinski definition) is 5. The van der Waals surface area contributed by atoms with Gasteiger partial charge in [0.05, 0.1) is 11.3 Å². The van der Waals surface area contributed by atoms with Crippen LogP contribution in [0.4, 0.5) is 11.4 Å². The van der Waals surface area contributed by atoms with Crippen molar-refractivity contribution in [2.45, 2.75) is 69.6 Å². The van der Waals surface area contributed by atoms with Crippen molar-refractivity contribution in [3.8, 4) is 0 Å². The molecule has 4 rings (SSSR count). The van der Waals surface area contributed by atoms with E-state index in [1.807, 2.05) is 6.07 Å². The standard InChI is InChI=1S/C36H40N6O9/c1-23(37-31(43)18-19-32(44)45)33(46)40-29(22-25-11-6-3-7-12-25)36(49)41-20-8-13-30(41)35(48)39-28(21-24-9-4-2-5-10-24)34(47)38-26-14-16-27(17-15-26)42(50)51/h2-7,9-12,14-17,23,28-30H,8,13,18-22H2,1H3,(H,37,43)(H,38,47)(H,39,48)(H,40,46)(H,44,45). The third-order valence-electron chi connectivity index (χ3n) is 8.33. The summed E-state index contributed by atoms with van der Waals surface area (Å²) in [6, 6.07) is 19.0. The van der Waals surface area contributed by atoms with E-state index in [4.69, 9.17) is 5.11 Å². The largest absolute Gasteiger partial charge is 0.481 e. The Morgan fingerprint density at radius 1 is 0.804 bits per heavy atom. The second-order valence-electron chi connectivity index (χ2n) is 12.2. The molecule has 0 bridgehead atoms. The smallest absolute Gasteiger partial charge is 0.303 e. The number of non-ortho nitro benzene ring substituents is 1. The molecule has 1 aliphatic rings. The van der Waals surface area contributed by atoms with E-state index in [0.717, 1.165) is 11.1 Å². The maximum atomic E-state index is 14.1. The van der Waals surface area contributed by atoms with Gasteiger partial charge in [-0.2, -0.15) is 0 Å². The van der Waals surface area contributed by atoms with Gasteiger partial charge in [-0.1, -0.05) is 60.7 Å². The molecular weight excluding hydrogens is 660 g/mol. The lowest BCUT2D eigenvalue weighted by molar-refractivity contribution is -0.384. The van der Waals surface area contributed by atoms with E-state index in [9.17, 15) is 38.9 Å². The first-order chi connectivity index (χ1) is 24.4. The first-order valence-corrected chi connectivity index (χ1v) is 16.5. The minimum Gasteiger partial charge on any atom is -0.481 e. The van der Waals surface area contributed by atoms with E-state index >= 15 is 0 Å². The SMILES string of the molecule is CC(NC(=O)CCC(=O)O)C(=O)NC(Cc1ccccc1)C(=O)N1CCCC1C(=O)NC(Cc1ccccc1)C(=O)Nc1ccc([N+](=O)[O-])cc1. The van der Waals surface area contributed by atoms with Crippen LogP contribution >= 0.6 is 0 Å². The van der Waals surface area contributed by atoms with Gasteiger partial charge in [0, 0.05) is 43.6 Å². The summed E-state index contributed by atoms with van der Waals surface area (Å²) in [6.45, 7) is 1.64. The topological polar surface area (TPSA) is 217 Å². The summed E-state index contributed by atoms with van der Waals surface area (Å²) >= 11 is 0. The van der Waals surface area contributed by atoms with Gasteiger partial charge in [0.2, 0.25) is 29.5 Å². The summed E-state index contributed by atoms with van der Waals surface area (Å²) in [7, 11) is 0. The Morgan fingerprint density at radius 2 is 1.39 bits per heavy atom. The van der Waals surface area contributed by atoms with E-state index in [2.05, 4.69) is 21.3 Å². The summed E-state index contributed by atoms with van der Waals surface area (Å²) in [4.78, 5) is 89.5. The van der Waals surface area contributed by atoms with Crippen molar-refractivity contribution in [1.82, 2.24) is 20.9 Å². The third-order valence-corrected chi connectivity index (χ3v) is 8.33. The van der Waals surface area contributed by atoms with Crippen LogP contribution in [0.25, 0.3) is 0 Å². The molecule has 1 heterocycles. The number of likely N-dealkylation sites (tertiary alicyclic amines) is 1. The highest BCUT2D eigenvalue weighted by molar-refractivity contribution is 5.99. The lowest BCUT2D eigenvalue weighted by atomic mass is 10.0. The normalized spacial score (nSPS) is 15.5. The number of nitro benzene ring substituents is 1. The molecule has 5 amide bonds. The van der Waals surface area contributed by atoms with E-state index in [1.54, 1.807) is 54.6 Å². The summed E-state index contributed by atoms with van der Waals surface area (Å²) in [5, 5.41) is 30.5. The Bertz CT molecular complexity index is 1720. The average Bonchev–Trinajstić information content (AvgIpc) is 3.61. The van der Waals surface area contributed by atoms with E-state index in [0.29, 0.717) is 18.5 Å². The molecule has 0 spiro atoms. The first-order valence-electron chi connectivity index (χ1n) is 16.5. The number of hydrogen-bond acceptors (Lipinski definition) is 8. The minimum atomic E-state index is -1.16. The molecule has 1 fully saturated rings. The Hall–Kier alpha value is -6.12. The Kier molecular flexibility index (Phi) is 13.3. The zero-order chi connectivity index (χ0) is 36.9. The summed E-state index contributed by atoms with van der Waals surface area (Å²) in [6.07, 6.45) is 0.282. The second kappa shape index (κ2) is 18.0. The van der Waals surface area contributed by atoms with Crippen LogP contribution in [0.2, 0.25) is 0 Å². The van der Waals surface area contributed by atoms with Gasteiger partial charge >= 0.3 is 5.97 Å². The van der Waals surface area contributed by atoms with Gasteiger partial charge in [0.25, 0.3) is 5.69 Å². The molecule has 0 radical (unpaired) electrons. The van der Waals surface area contributed by atoms with Gasteiger partial charge in [-0.3, -0.25) is 38.9 Å². The van der Waals surface area contributed by atoms with Gasteiger partial charge in [0.1, 0.15) is 24.2 Å². The van der Waals surface area contributed by atoms with Gasteiger partial charge in [-0.25, -0.2) is 0 Å². The Balaban J connectivity index is 1.50. The fraction of sp³-hybridized carbons (Fsp3) is 0.333. The minimum absolute atomic E-state index is 0.0875. The number of anilines is 1. The maximum Gasteiger partial charge on any atom is 0.303 e. The average molecular weight is 701 g/mol. The van der Waals surface area contributed by atoms with Crippen molar-refractivity contribution >= 4 is 46.9 Å². The molecule has 15 nitrogen and oxygen atoms in total. The second-order valence-corrected chi connectivity index (χ2v) is 12.2. The zero-order valence-electron chi connectivity index (χ0n) is 27.9. The van der Waals surface area contributed by atoms with Crippen LogP contribution in [0.3, 0.4) is 0 Å². The molecule has 1 aliphatic heterocycles. The number of nitrogens with one attached hydrogen (secondary N) is 4. The van der Waals surface area contributed by atoms with Gasteiger partial charge in [-0.05, 0) is 43.0 Å². The number of nitrogens with zero attached hydrogens (tertiary/aromatic N) is 2. The molecule has 3 aromatic carbocycles. The van der Waals surface area contributed by atoms with Crippen molar-refractivity contribution in [3.05, 3.63) is 106 Å². The molecular formula is C36H40N6O9. The predicted octanol–water partition coefficient (Wildman–Crippen LogP) is 2.35. The summed E-state index contributed by atoms with van der Waals surface area (Å²) < 4.78 is 0. The number of benzene rings is 3. The molecule has 1 saturated heterocycles. The number of amides is 5. The molecule has 0 aliphatic carbocycles.